The molecule has 0 aromatic heterocycles. The Balaban J connectivity index is 2.33. The van der Waals surface area contributed by atoms with Crippen LogP contribution in [-0.2, 0) is 6.18 Å². The number of rotatable bonds is 2. The predicted molar refractivity (Wildman–Crippen MR) is 72.4 cm³/mol. The van der Waals surface area contributed by atoms with E-state index in [1.54, 1.807) is 0 Å². The molecule has 7 heteroatoms. The normalized spacial score (nSPS) is 11.4. The Labute approximate surface area is 122 Å². The van der Waals surface area contributed by atoms with Gasteiger partial charge in [-0.15, -0.1) is 0 Å². The largest absolute Gasteiger partial charge is 0.455 e. The van der Waals surface area contributed by atoms with E-state index < -0.39 is 11.7 Å². The second-order valence-electron chi connectivity index (χ2n) is 3.93. The first kappa shape index (κ1) is 14.8. The smallest absolute Gasteiger partial charge is 0.416 e. The molecule has 0 saturated carbocycles. The van der Waals surface area contributed by atoms with Gasteiger partial charge in [-0.3, -0.25) is 0 Å². The van der Waals surface area contributed by atoms with Crippen molar-refractivity contribution in [2.75, 3.05) is 5.73 Å². The van der Waals surface area contributed by atoms with Crippen LogP contribution in [0, 0.1) is 0 Å². The van der Waals surface area contributed by atoms with Crippen LogP contribution in [0.4, 0.5) is 18.9 Å². The molecule has 2 N–H and O–H groups in total. The fraction of sp³-hybridized carbons (Fsp3) is 0.0769. The van der Waals surface area contributed by atoms with E-state index in [4.69, 9.17) is 33.7 Å². The molecule has 2 rings (SSSR count). The third-order valence-electron chi connectivity index (χ3n) is 2.44. The lowest BCUT2D eigenvalue weighted by molar-refractivity contribution is -0.137. The van der Waals surface area contributed by atoms with E-state index in [2.05, 4.69) is 0 Å². The summed E-state index contributed by atoms with van der Waals surface area (Å²) in [5.41, 5.74) is 5.04. The average Bonchev–Trinajstić information content (AvgIpc) is 2.35. The van der Waals surface area contributed by atoms with Gasteiger partial charge in [-0.1, -0.05) is 29.3 Å². The molecule has 0 aliphatic rings. The number of nitrogen functional groups attached to an aromatic ring is 1. The second-order valence-corrected chi connectivity index (χ2v) is 4.75. The molecule has 2 aromatic rings. The second kappa shape index (κ2) is 5.42. The number of halogens is 5. The van der Waals surface area contributed by atoms with Crippen LogP contribution in [-0.4, -0.2) is 0 Å². The van der Waals surface area contributed by atoms with Crippen LogP contribution in [0.25, 0.3) is 0 Å². The lowest BCUT2D eigenvalue weighted by Gasteiger charge is -2.12. The molecule has 0 atom stereocenters. The minimum Gasteiger partial charge on any atom is -0.455 e. The van der Waals surface area contributed by atoms with Crippen LogP contribution in [0.3, 0.4) is 0 Å². The maximum atomic E-state index is 12.6. The predicted octanol–water partition coefficient (Wildman–Crippen LogP) is 5.39. The number of benzene rings is 2. The Morgan fingerprint density at radius 3 is 2.30 bits per heavy atom. The first-order valence-electron chi connectivity index (χ1n) is 5.37. The molecule has 2 aromatic carbocycles. The van der Waals surface area contributed by atoms with Crippen molar-refractivity contribution in [1.82, 2.24) is 0 Å². The Hall–Kier alpha value is -1.59. The van der Waals surface area contributed by atoms with E-state index in [0.29, 0.717) is 0 Å². The highest BCUT2D eigenvalue weighted by Crippen LogP contribution is 2.37. The summed E-state index contributed by atoms with van der Waals surface area (Å²) >= 11 is 11.6. The molecule has 2 nitrogen and oxygen atoms in total. The van der Waals surface area contributed by atoms with Gasteiger partial charge in [0.2, 0.25) is 0 Å². The molecular weight excluding hydrogens is 314 g/mol. The number of ether oxygens (including phenoxy) is 1. The maximum Gasteiger partial charge on any atom is 0.416 e. The van der Waals surface area contributed by atoms with Gasteiger partial charge < -0.3 is 10.5 Å². The van der Waals surface area contributed by atoms with Gasteiger partial charge in [0.05, 0.1) is 21.3 Å². The monoisotopic (exact) mass is 321 g/mol. The summed E-state index contributed by atoms with van der Waals surface area (Å²) in [4.78, 5) is 0. The molecule has 20 heavy (non-hydrogen) atoms. The third-order valence-corrected chi connectivity index (χ3v) is 3.16. The van der Waals surface area contributed by atoms with Crippen molar-refractivity contribution >= 4 is 28.9 Å². The van der Waals surface area contributed by atoms with Crippen molar-refractivity contribution in [3.8, 4) is 11.5 Å². The summed E-state index contributed by atoms with van der Waals surface area (Å²) in [6.07, 6.45) is -4.44. The minimum absolute atomic E-state index is 0.00455. The van der Waals surface area contributed by atoms with Crippen molar-refractivity contribution in [3.63, 3.8) is 0 Å². The van der Waals surface area contributed by atoms with Gasteiger partial charge in [0.15, 0.2) is 5.75 Å². The van der Waals surface area contributed by atoms with Gasteiger partial charge in [0.1, 0.15) is 5.75 Å². The summed E-state index contributed by atoms with van der Waals surface area (Å²) in [6, 6.07) is 7.17. The van der Waals surface area contributed by atoms with Gasteiger partial charge in [-0.25, -0.2) is 0 Å². The van der Waals surface area contributed by atoms with E-state index in [1.807, 2.05) is 0 Å². The van der Waals surface area contributed by atoms with Gasteiger partial charge in [0.25, 0.3) is 0 Å². The van der Waals surface area contributed by atoms with Crippen LogP contribution >= 0.6 is 23.2 Å². The minimum atomic E-state index is -4.44. The van der Waals surface area contributed by atoms with Crippen molar-refractivity contribution < 1.29 is 17.9 Å². The number of nitrogens with two attached hydrogens (primary N) is 1. The quantitative estimate of drug-likeness (QED) is 0.753. The standard InChI is InChI=1S/C13H8Cl2F3NO/c14-9-5-11(19)12(6-10(9)15)20-8-3-1-2-7(4-8)13(16,17)18/h1-6H,19H2. The summed E-state index contributed by atoms with van der Waals surface area (Å²) in [5, 5.41) is 0.434. The molecule has 0 aliphatic heterocycles. The molecule has 0 radical (unpaired) electrons. The zero-order valence-electron chi connectivity index (χ0n) is 9.84. The van der Waals surface area contributed by atoms with Gasteiger partial charge in [-0.2, -0.15) is 13.2 Å². The summed E-state index contributed by atoms with van der Waals surface area (Å²) in [6.45, 7) is 0. The molecule has 0 amide bonds. The molecule has 0 heterocycles. The van der Waals surface area contributed by atoms with E-state index in [-0.39, 0.29) is 27.2 Å². The van der Waals surface area contributed by atoms with E-state index in [1.165, 1.54) is 24.3 Å². The zero-order chi connectivity index (χ0) is 14.9. The SMILES string of the molecule is Nc1cc(Cl)c(Cl)cc1Oc1cccc(C(F)(F)F)c1. The number of alkyl halides is 3. The highest BCUT2D eigenvalue weighted by Gasteiger charge is 2.30. The van der Waals surface area contributed by atoms with Crippen molar-refractivity contribution in [3.05, 3.63) is 52.0 Å². The molecule has 0 bridgehead atoms. The van der Waals surface area contributed by atoms with Crippen LogP contribution in [0.2, 0.25) is 10.0 Å². The number of hydrogen-bond acceptors (Lipinski definition) is 2. The first-order chi connectivity index (χ1) is 9.27. The molecule has 106 valence electrons. The zero-order valence-corrected chi connectivity index (χ0v) is 11.4. The third kappa shape index (κ3) is 3.29. The van der Waals surface area contributed by atoms with E-state index in [9.17, 15) is 13.2 Å². The Bertz CT molecular complexity index is 644. The fourth-order valence-electron chi connectivity index (χ4n) is 1.50. The number of hydrogen-bond donors (Lipinski definition) is 1. The molecule has 0 saturated heterocycles. The van der Waals surface area contributed by atoms with Crippen molar-refractivity contribution in [2.45, 2.75) is 6.18 Å². The summed E-state index contributed by atoms with van der Waals surface area (Å²) in [5.74, 6) is 0.142. The lowest BCUT2D eigenvalue weighted by atomic mass is 10.2. The summed E-state index contributed by atoms with van der Waals surface area (Å²) < 4.78 is 43.1. The van der Waals surface area contributed by atoms with E-state index >= 15 is 0 Å². The Morgan fingerprint density at radius 1 is 1.00 bits per heavy atom. The van der Waals surface area contributed by atoms with Crippen LogP contribution in [0.5, 0.6) is 11.5 Å². The highest BCUT2D eigenvalue weighted by atomic mass is 35.5. The van der Waals surface area contributed by atoms with Gasteiger partial charge in [0, 0.05) is 6.07 Å². The first-order valence-corrected chi connectivity index (χ1v) is 6.12. The van der Waals surface area contributed by atoms with Crippen molar-refractivity contribution in [1.29, 1.82) is 0 Å². The average molecular weight is 322 g/mol. The topological polar surface area (TPSA) is 35.2 Å². The Kier molecular flexibility index (Phi) is 4.01. The van der Waals surface area contributed by atoms with Crippen LogP contribution in [0.15, 0.2) is 36.4 Å². The van der Waals surface area contributed by atoms with Crippen LogP contribution in [0.1, 0.15) is 5.56 Å². The fourth-order valence-corrected chi connectivity index (χ4v) is 1.82. The van der Waals surface area contributed by atoms with Crippen molar-refractivity contribution in [2.24, 2.45) is 0 Å². The molecule has 0 aliphatic carbocycles. The van der Waals surface area contributed by atoms with Gasteiger partial charge >= 0.3 is 6.18 Å². The highest BCUT2D eigenvalue weighted by molar-refractivity contribution is 6.42. The Morgan fingerprint density at radius 2 is 1.65 bits per heavy atom. The molecular formula is C13H8Cl2F3NO. The maximum absolute atomic E-state index is 12.6. The van der Waals surface area contributed by atoms with Gasteiger partial charge in [-0.05, 0) is 24.3 Å². The molecule has 0 fully saturated rings. The van der Waals surface area contributed by atoms with E-state index in [0.717, 1.165) is 12.1 Å². The molecule has 0 spiro atoms. The molecule has 0 unspecified atom stereocenters. The summed E-state index contributed by atoms with van der Waals surface area (Å²) in [7, 11) is 0. The van der Waals surface area contributed by atoms with Crippen LogP contribution < -0.4 is 10.5 Å². The number of anilines is 1. The lowest BCUT2D eigenvalue weighted by Crippen LogP contribution is -2.04.